The Morgan fingerprint density at radius 2 is 1.75 bits per heavy atom. The summed E-state index contributed by atoms with van der Waals surface area (Å²) in [5.41, 5.74) is 5.78. The first-order chi connectivity index (χ1) is 7.58. The zero-order valence-electron chi connectivity index (χ0n) is 10.5. The van der Waals surface area contributed by atoms with Crippen LogP contribution in [0.5, 0.6) is 0 Å². The number of hydrogen-bond donors (Lipinski definition) is 0. The number of hydrogen-bond acceptors (Lipinski definition) is 0. The zero-order chi connectivity index (χ0) is 11.7. The lowest BCUT2D eigenvalue weighted by molar-refractivity contribution is 0.550. The zero-order valence-corrected chi connectivity index (χ0v) is 11.3. The molecule has 0 saturated heterocycles. The molecule has 2 atom stereocenters. The van der Waals surface area contributed by atoms with E-state index in [0.29, 0.717) is 11.3 Å². The molecule has 88 valence electrons. The molecule has 0 aromatic heterocycles. The Balaban J connectivity index is 2.21. The summed E-state index contributed by atoms with van der Waals surface area (Å²) < 4.78 is 0. The molecule has 0 bridgehead atoms. The molecule has 1 aromatic carbocycles. The van der Waals surface area contributed by atoms with Gasteiger partial charge >= 0.3 is 0 Å². The minimum Gasteiger partial charge on any atom is -0.123 e. The summed E-state index contributed by atoms with van der Waals surface area (Å²) in [4.78, 5) is 0. The number of benzene rings is 1. The van der Waals surface area contributed by atoms with Gasteiger partial charge in [0, 0.05) is 5.38 Å². The Kier molecular flexibility index (Phi) is 3.59. The topological polar surface area (TPSA) is 0 Å². The summed E-state index contributed by atoms with van der Waals surface area (Å²) in [6.45, 7) is 6.63. The number of alkyl halides is 1. The van der Waals surface area contributed by atoms with Crippen LogP contribution in [0.2, 0.25) is 0 Å². The largest absolute Gasteiger partial charge is 0.123 e. The Hall–Kier alpha value is -0.490. The maximum atomic E-state index is 6.36. The molecule has 16 heavy (non-hydrogen) atoms. The summed E-state index contributed by atoms with van der Waals surface area (Å²) in [6, 6.07) is 4.58. The lowest BCUT2D eigenvalue weighted by Crippen LogP contribution is -2.12. The van der Waals surface area contributed by atoms with Crippen molar-refractivity contribution in [2.75, 3.05) is 0 Å². The smallest absolute Gasteiger partial charge is 0.0367 e. The monoisotopic (exact) mass is 236 g/mol. The first kappa shape index (κ1) is 12.0. The van der Waals surface area contributed by atoms with Crippen molar-refractivity contribution in [3.05, 3.63) is 34.4 Å². The normalized spacial score (nSPS) is 25.0. The summed E-state index contributed by atoms with van der Waals surface area (Å²) in [5.74, 6) is 0.696. The first-order valence-electron chi connectivity index (χ1n) is 6.28. The fourth-order valence-corrected chi connectivity index (χ4v) is 3.38. The van der Waals surface area contributed by atoms with Crippen LogP contribution in [0.4, 0.5) is 0 Å². The van der Waals surface area contributed by atoms with Gasteiger partial charge in [-0.15, -0.1) is 11.6 Å². The van der Waals surface area contributed by atoms with Crippen LogP contribution in [-0.2, 0) is 6.42 Å². The van der Waals surface area contributed by atoms with Crippen molar-refractivity contribution >= 4 is 11.6 Å². The van der Waals surface area contributed by atoms with Crippen molar-refractivity contribution < 1.29 is 0 Å². The van der Waals surface area contributed by atoms with Gasteiger partial charge in [0.15, 0.2) is 0 Å². The summed E-state index contributed by atoms with van der Waals surface area (Å²) in [6.07, 6.45) is 4.99. The van der Waals surface area contributed by atoms with Gasteiger partial charge in [-0.3, -0.25) is 0 Å². The van der Waals surface area contributed by atoms with Gasteiger partial charge in [-0.1, -0.05) is 24.1 Å². The maximum absolute atomic E-state index is 6.36. The molecule has 0 aliphatic heterocycles. The molecule has 0 nitrogen and oxygen atoms in total. The van der Waals surface area contributed by atoms with E-state index in [1.807, 2.05) is 0 Å². The maximum Gasteiger partial charge on any atom is 0.0367 e. The van der Waals surface area contributed by atoms with E-state index in [9.17, 15) is 0 Å². The van der Waals surface area contributed by atoms with E-state index in [-0.39, 0.29) is 0 Å². The quantitative estimate of drug-likeness (QED) is 0.661. The van der Waals surface area contributed by atoms with Crippen LogP contribution >= 0.6 is 11.6 Å². The molecule has 0 spiro atoms. The van der Waals surface area contributed by atoms with Gasteiger partial charge in [0.1, 0.15) is 0 Å². The molecular weight excluding hydrogens is 216 g/mol. The van der Waals surface area contributed by atoms with Gasteiger partial charge < -0.3 is 0 Å². The molecular formula is C15H21Cl. The minimum absolute atomic E-state index is 0.403. The van der Waals surface area contributed by atoms with Gasteiger partial charge in [-0.05, 0) is 62.6 Å². The Labute approximate surface area is 104 Å². The number of aryl methyl sites for hydroxylation is 3. The van der Waals surface area contributed by atoms with Crippen molar-refractivity contribution in [2.24, 2.45) is 5.92 Å². The molecule has 1 aromatic rings. The highest BCUT2D eigenvalue weighted by Gasteiger charge is 2.26. The number of rotatable bonds is 2. The van der Waals surface area contributed by atoms with Crippen molar-refractivity contribution in [3.63, 3.8) is 0 Å². The van der Waals surface area contributed by atoms with E-state index < -0.39 is 0 Å². The van der Waals surface area contributed by atoms with Gasteiger partial charge in [-0.2, -0.15) is 0 Å². The lowest BCUT2D eigenvalue weighted by atomic mass is 9.90. The number of halogens is 1. The molecule has 1 aliphatic carbocycles. The molecule has 0 amide bonds. The van der Waals surface area contributed by atoms with Gasteiger partial charge in [0.2, 0.25) is 0 Å². The van der Waals surface area contributed by atoms with Crippen LogP contribution in [0, 0.1) is 26.7 Å². The van der Waals surface area contributed by atoms with E-state index in [4.69, 9.17) is 11.6 Å². The fraction of sp³-hybridized carbons (Fsp3) is 0.600. The van der Waals surface area contributed by atoms with E-state index in [1.165, 1.54) is 47.9 Å². The molecule has 1 aliphatic rings. The molecule has 0 N–H and O–H groups in total. The average Bonchev–Trinajstić information content (AvgIpc) is 2.57. The highest BCUT2D eigenvalue weighted by Crippen LogP contribution is 2.34. The predicted octanol–water partition coefficient (Wildman–Crippen LogP) is 4.56. The first-order valence-corrected chi connectivity index (χ1v) is 6.72. The molecule has 0 radical (unpaired) electrons. The molecule has 1 fully saturated rings. The van der Waals surface area contributed by atoms with E-state index in [1.54, 1.807) is 0 Å². The average molecular weight is 237 g/mol. The van der Waals surface area contributed by atoms with Crippen LogP contribution < -0.4 is 0 Å². The highest BCUT2D eigenvalue weighted by molar-refractivity contribution is 6.20. The Bertz CT molecular complexity index is 358. The van der Waals surface area contributed by atoms with Crippen LogP contribution in [-0.4, -0.2) is 5.38 Å². The minimum atomic E-state index is 0.403. The van der Waals surface area contributed by atoms with E-state index >= 15 is 0 Å². The van der Waals surface area contributed by atoms with Gasteiger partial charge in [0.25, 0.3) is 0 Å². The van der Waals surface area contributed by atoms with Crippen molar-refractivity contribution in [3.8, 4) is 0 Å². The molecule has 2 rings (SSSR count). The van der Waals surface area contributed by atoms with Gasteiger partial charge in [-0.25, -0.2) is 0 Å². The third kappa shape index (κ3) is 2.43. The molecule has 1 saturated carbocycles. The van der Waals surface area contributed by atoms with E-state index in [2.05, 4.69) is 32.9 Å². The summed E-state index contributed by atoms with van der Waals surface area (Å²) in [7, 11) is 0. The second-order valence-electron chi connectivity index (χ2n) is 5.29. The van der Waals surface area contributed by atoms with Crippen LogP contribution in [0.15, 0.2) is 12.1 Å². The second-order valence-corrected chi connectivity index (χ2v) is 5.85. The summed E-state index contributed by atoms with van der Waals surface area (Å²) >= 11 is 6.36. The third-order valence-corrected chi connectivity index (χ3v) is 4.45. The molecule has 1 heteroatoms. The third-order valence-electron chi connectivity index (χ3n) is 3.87. The van der Waals surface area contributed by atoms with Crippen molar-refractivity contribution in [1.29, 1.82) is 0 Å². The standard InChI is InChI=1S/C15H21Cl/c1-10-7-11(2)14(12(3)8-10)9-13-5-4-6-15(13)16/h7-8,13,15H,4-6,9H2,1-3H3. The van der Waals surface area contributed by atoms with Crippen molar-refractivity contribution in [1.82, 2.24) is 0 Å². The summed E-state index contributed by atoms with van der Waals surface area (Å²) in [5, 5.41) is 0.403. The van der Waals surface area contributed by atoms with Gasteiger partial charge in [0.05, 0.1) is 0 Å². The van der Waals surface area contributed by atoms with Crippen LogP contribution in [0.25, 0.3) is 0 Å². The predicted molar refractivity (Wildman–Crippen MR) is 71.3 cm³/mol. The Morgan fingerprint density at radius 3 is 2.25 bits per heavy atom. The van der Waals surface area contributed by atoms with E-state index in [0.717, 1.165) is 0 Å². The molecule has 2 unspecified atom stereocenters. The molecule has 0 heterocycles. The second kappa shape index (κ2) is 4.79. The fourth-order valence-electron chi connectivity index (χ4n) is 3.02. The SMILES string of the molecule is Cc1cc(C)c(CC2CCCC2Cl)c(C)c1. The highest BCUT2D eigenvalue weighted by atomic mass is 35.5. The Morgan fingerprint density at radius 1 is 1.12 bits per heavy atom. The lowest BCUT2D eigenvalue weighted by Gasteiger charge is -2.18. The van der Waals surface area contributed by atoms with Crippen LogP contribution in [0.1, 0.15) is 41.5 Å². The van der Waals surface area contributed by atoms with Crippen molar-refractivity contribution in [2.45, 2.75) is 51.8 Å². The van der Waals surface area contributed by atoms with Crippen LogP contribution in [0.3, 0.4) is 0 Å².